The molecule has 0 spiro atoms. The number of benzene rings is 1. The van der Waals surface area contributed by atoms with Crippen molar-refractivity contribution >= 4 is 15.8 Å². The van der Waals surface area contributed by atoms with Gasteiger partial charge >= 0.3 is 0 Å². The third-order valence-electron chi connectivity index (χ3n) is 3.13. The van der Waals surface area contributed by atoms with Crippen molar-refractivity contribution in [1.29, 1.82) is 0 Å². The molecule has 0 aliphatic heterocycles. The van der Waals surface area contributed by atoms with E-state index >= 15 is 0 Å². The van der Waals surface area contributed by atoms with Gasteiger partial charge < -0.3 is 15.0 Å². The minimum absolute atomic E-state index is 0.0151. The molecular weight excluding hydrogens is 333 g/mol. The molecule has 6 nitrogen and oxygen atoms in total. The van der Waals surface area contributed by atoms with Gasteiger partial charge in [0, 0.05) is 26.4 Å². The van der Waals surface area contributed by atoms with Crippen molar-refractivity contribution in [2.45, 2.75) is 13.5 Å². The lowest BCUT2D eigenvalue weighted by Gasteiger charge is -2.22. The van der Waals surface area contributed by atoms with Crippen LogP contribution in [0.5, 0.6) is 0 Å². The number of nitrogens with one attached hydrogen (secondary N) is 1. The van der Waals surface area contributed by atoms with E-state index in [0.717, 1.165) is 12.1 Å². The summed E-state index contributed by atoms with van der Waals surface area (Å²) in [5, 5.41) is 3.18. The molecule has 0 radical (unpaired) electrons. The molecule has 8 heteroatoms. The summed E-state index contributed by atoms with van der Waals surface area (Å²) in [5.74, 6) is 0.475. The molecule has 0 saturated heterocycles. The van der Waals surface area contributed by atoms with E-state index in [2.05, 4.69) is 10.3 Å². The van der Waals surface area contributed by atoms with Gasteiger partial charge in [0.25, 0.3) is 0 Å². The maximum absolute atomic E-state index is 12.9. The highest BCUT2D eigenvalue weighted by Gasteiger charge is 2.07. The molecule has 136 valence electrons. The number of hydrogen-bond donors (Lipinski definition) is 1. The SMILES string of the molecule is CCNC(=NCCOCCS(C)(=O)=O)N(C)Cc1ccc(F)cc1. The number of nitrogens with zero attached hydrogens (tertiary/aromatic N) is 2. The van der Waals surface area contributed by atoms with Crippen molar-refractivity contribution in [3.8, 4) is 0 Å². The number of rotatable bonds is 9. The van der Waals surface area contributed by atoms with Crippen LogP contribution in [0.2, 0.25) is 0 Å². The largest absolute Gasteiger partial charge is 0.378 e. The van der Waals surface area contributed by atoms with Crippen LogP contribution in [-0.2, 0) is 21.1 Å². The zero-order valence-corrected chi connectivity index (χ0v) is 15.3. The zero-order chi connectivity index (χ0) is 18.0. The number of sulfone groups is 1. The lowest BCUT2D eigenvalue weighted by atomic mass is 10.2. The summed E-state index contributed by atoms with van der Waals surface area (Å²) < 4.78 is 40.2. The highest BCUT2D eigenvalue weighted by molar-refractivity contribution is 7.90. The molecule has 0 saturated carbocycles. The maximum atomic E-state index is 12.9. The van der Waals surface area contributed by atoms with E-state index in [1.54, 1.807) is 12.1 Å². The fourth-order valence-electron chi connectivity index (χ4n) is 1.94. The van der Waals surface area contributed by atoms with Crippen LogP contribution in [0.4, 0.5) is 4.39 Å². The van der Waals surface area contributed by atoms with E-state index in [1.165, 1.54) is 18.4 Å². The zero-order valence-electron chi connectivity index (χ0n) is 14.5. The number of guanidine groups is 1. The highest BCUT2D eigenvalue weighted by Crippen LogP contribution is 2.05. The Kier molecular flexibility index (Phi) is 8.70. The monoisotopic (exact) mass is 359 g/mol. The van der Waals surface area contributed by atoms with Gasteiger partial charge in [0.05, 0.1) is 25.5 Å². The molecule has 0 heterocycles. The molecule has 0 amide bonds. The Balaban J connectivity index is 2.47. The summed E-state index contributed by atoms with van der Waals surface area (Å²) in [6.45, 7) is 4.26. The van der Waals surface area contributed by atoms with Gasteiger partial charge in [-0.3, -0.25) is 4.99 Å². The van der Waals surface area contributed by atoms with E-state index in [0.29, 0.717) is 25.7 Å². The van der Waals surface area contributed by atoms with Crippen molar-refractivity contribution in [3.63, 3.8) is 0 Å². The number of halogens is 1. The second-order valence-electron chi connectivity index (χ2n) is 5.46. The van der Waals surface area contributed by atoms with Gasteiger partial charge in [-0.2, -0.15) is 0 Å². The van der Waals surface area contributed by atoms with Crippen molar-refractivity contribution in [2.75, 3.05) is 45.4 Å². The van der Waals surface area contributed by atoms with Gasteiger partial charge in [-0.1, -0.05) is 12.1 Å². The van der Waals surface area contributed by atoms with Gasteiger partial charge in [0.2, 0.25) is 0 Å². The van der Waals surface area contributed by atoms with Gasteiger partial charge in [-0.05, 0) is 24.6 Å². The summed E-state index contributed by atoms with van der Waals surface area (Å²) in [4.78, 5) is 6.38. The maximum Gasteiger partial charge on any atom is 0.194 e. The number of ether oxygens (including phenoxy) is 1. The molecule has 0 aliphatic rings. The minimum Gasteiger partial charge on any atom is -0.378 e. The molecule has 0 bridgehead atoms. The second-order valence-corrected chi connectivity index (χ2v) is 7.72. The molecule has 0 unspecified atom stereocenters. The van der Waals surface area contributed by atoms with E-state index in [-0.39, 0.29) is 18.2 Å². The Hall–Kier alpha value is -1.67. The van der Waals surface area contributed by atoms with Crippen molar-refractivity contribution in [1.82, 2.24) is 10.2 Å². The number of aliphatic imine (C=N–C) groups is 1. The Morgan fingerprint density at radius 2 is 1.96 bits per heavy atom. The fraction of sp³-hybridized carbons (Fsp3) is 0.562. The first-order valence-electron chi connectivity index (χ1n) is 7.81. The molecule has 0 fully saturated rings. The van der Waals surface area contributed by atoms with Crippen molar-refractivity contribution in [3.05, 3.63) is 35.6 Å². The summed E-state index contributed by atoms with van der Waals surface area (Å²) >= 11 is 0. The Morgan fingerprint density at radius 1 is 1.29 bits per heavy atom. The smallest absolute Gasteiger partial charge is 0.194 e. The lowest BCUT2D eigenvalue weighted by Crippen LogP contribution is -2.38. The minimum atomic E-state index is -3.00. The standard InChI is InChI=1S/C16H26FN3O3S/c1-4-18-16(19-9-10-23-11-12-24(3,21)22)20(2)13-14-5-7-15(17)8-6-14/h5-8H,4,9-13H2,1-3H3,(H,18,19). The van der Waals surface area contributed by atoms with Crippen LogP contribution in [0.25, 0.3) is 0 Å². The molecular formula is C16H26FN3O3S. The molecule has 0 atom stereocenters. The van der Waals surface area contributed by atoms with Crippen LogP contribution >= 0.6 is 0 Å². The van der Waals surface area contributed by atoms with Crippen LogP contribution in [0.1, 0.15) is 12.5 Å². The van der Waals surface area contributed by atoms with E-state index in [4.69, 9.17) is 4.74 Å². The van der Waals surface area contributed by atoms with Gasteiger partial charge in [-0.15, -0.1) is 0 Å². The molecule has 24 heavy (non-hydrogen) atoms. The molecule has 0 aliphatic carbocycles. The van der Waals surface area contributed by atoms with Crippen LogP contribution in [0.15, 0.2) is 29.3 Å². The summed E-state index contributed by atoms with van der Waals surface area (Å²) in [7, 11) is -1.10. The van der Waals surface area contributed by atoms with Crippen LogP contribution in [-0.4, -0.2) is 64.6 Å². The Labute approximate surface area is 143 Å². The fourth-order valence-corrected chi connectivity index (χ4v) is 2.36. The molecule has 1 rings (SSSR count). The normalized spacial score (nSPS) is 12.2. The van der Waals surface area contributed by atoms with E-state index in [9.17, 15) is 12.8 Å². The second kappa shape index (κ2) is 10.2. The Bertz CT molecular complexity index is 618. The predicted molar refractivity (Wildman–Crippen MR) is 94.4 cm³/mol. The van der Waals surface area contributed by atoms with Crippen LogP contribution < -0.4 is 5.32 Å². The van der Waals surface area contributed by atoms with Crippen LogP contribution in [0, 0.1) is 5.82 Å². The third kappa shape index (κ3) is 8.83. The third-order valence-corrected chi connectivity index (χ3v) is 4.03. The average Bonchev–Trinajstić information content (AvgIpc) is 2.50. The van der Waals surface area contributed by atoms with Crippen molar-refractivity contribution < 1.29 is 17.5 Å². The Morgan fingerprint density at radius 3 is 2.54 bits per heavy atom. The molecule has 1 aromatic carbocycles. The van der Waals surface area contributed by atoms with Gasteiger partial charge in [0.1, 0.15) is 15.7 Å². The lowest BCUT2D eigenvalue weighted by molar-refractivity contribution is 0.157. The molecule has 1 aromatic rings. The van der Waals surface area contributed by atoms with E-state index in [1.807, 2.05) is 18.9 Å². The number of hydrogen-bond acceptors (Lipinski definition) is 4. The average molecular weight is 359 g/mol. The summed E-state index contributed by atoms with van der Waals surface area (Å²) in [6, 6.07) is 6.35. The quantitative estimate of drug-likeness (QED) is 0.409. The summed E-state index contributed by atoms with van der Waals surface area (Å²) in [5.41, 5.74) is 0.980. The molecule has 0 aromatic heterocycles. The topological polar surface area (TPSA) is 71.0 Å². The summed E-state index contributed by atoms with van der Waals surface area (Å²) in [6.07, 6.45) is 1.18. The van der Waals surface area contributed by atoms with Crippen molar-refractivity contribution in [2.24, 2.45) is 4.99 Å². The molecule has 1 N–H and O–H groups in total. The van der Waals surface area contributed by atoms with Gasteiger partial charge in [-0.25, -0.2) is 12.8 Å². The first kappa shape index (κ1) is 20.4. The highest BCUT2D eigenvalue weighted by atomic mass is 32.2. The predicted octanol–water partition coefficient (Wildman–Crippen LogP) is 1.28. The van der Waals surface area contributed by atoms with Crippen LogP contribution in [0.3, 0.4) is 0 Å². The first-order chi connectivity index (χ1) is 11.3. The van der Waals surface area contributed by atoms with E-state index < -0.39 is 9.84 Å². The van der Waals surface area contributed by atoms with Gasteiger partial charge in [0.15, 0.2) is 5.96 Å². The first-order valence-corrected chi connectivity index (χ1v) is 9.87.